The average Bonchev–Trinajstić information content (AvgIpc) is 2.81. The van der Waals surface area contributed by atoms with Gasteiger partial charge in [0.1, 0.15) is 5.01 Å². The van der Waals surface area contributed by atoms with E-state index in [0.29, 0.717) is 6.61 Å². The van der Waals surface area contributed by atoms with Gasteiger partial charge in [-0.05, 0) is 19.8 Å². The van der Waals surface area contributed by atoms with Gasteiger partial charge in [-0.25, -0.2) is 4.98 Å². The maximum atomic E-state index is 6.01. The highest BCUT2D eigenvalue weighted by atomic mass is 32.2. The second-order valence-electron chi connectivity index (χ2n) is 5.21. The minimum atomic E-state index is 0.0519. The Morgan fingerprint density at radius 1 is 1.42 bits per heavy atom. The van der Waals surface area contributed by atoms with Crippen molar-refractivity contribution < 1.29 is 4.74 Å². The van der Waals surface area contributed by atoms with Crippen molar-refractivity contribution in [2.24, 2.45) is 5.73 Å². The fourth-order valence-electron chi connectivity index (χ4n) is 2.49. The number of hydrogen-bond acceptors (Lipinski definition) is 5. The molecule has 1 aromatic heterocycles. The lowest BCUT2D eigenvalue weighted by Crippen LogP contribution is -2.08. The monoisotopic (exact) mass is 300 g/mol. The van der Waals surface area contributed by atoms with E-state index in [0.717, 1.165) is 16.7 Å². The Bertz CT molecular complexity index is 387. The van der Waals surface area contributed by atoms with Crippen LogP contribution >= 0.6 is 23.1 Å². The number of thioether (sulfide) groups is 1. The SMILES string of the molecule is COCc1nc(CSC2CCCCC2)sc1C(C)N. The van der Waals surface area contributed by atoms with Gasteiger partial charge in [-0.3, -0.25) is 0 Å². The van der Waals surface area contributed by atoms with Gasteiger partial charge in [0.15, 0.2) is 0 Å². The topological polar surface area (TPSA) is 48.1 Å². The summed E-state index contributed by atoms with van der Waals surface area (Å²) in [6.45, 7) is 2.59. The summed E-state index contributed by atoms with van der Waals surface area (Å²) in [4.78, 5) is 5.88. The van der Waals surface area contributed by atoms with E-state index in [1.165, 1.54) is 42.0 Å². The van der Waals surface area contributed by atoms with Crippen LogP contribution in [-0.4, -0.2) is 17.3 Å². The molecule has 0 amide bonds. The lowest BCUT2D eigenvalue weighted by Gasteiger charge is -2.20. The molecule has 1 atom stereocenters. The number of thiazole rings is 1. The fraction of sp³-hybridized carbons (Fsp3) is 0.786. The number of hydrogen-bond donors (Lipinski definition) is 1. The lowest BCUT2D eigenvalue weighted by atomic mass is 10.0. The first kappa shape index (κ1) is 15.3. The van der Waals surface area contributed by atoms with Gasteiger partial charge in [-0.2, -0.15) is 11.8 Å². The van der Waals surface area contributed by atoms with Crippen LogP contribution in [0.25, 0.3) is 0 Å². The van der Waals surface area contributed by atoms with Gasteiger partial charge in [-0.1, -0.05) is 19.3 Å². The van der Waals surface area contributed by atoms with Crippen LogP contribution in [0.15, 0.2) is 0 Å². The molecule has 1 saturated carbocycles. The Kier molecular flexibility index (Phi) is 6.13. The molecular weight excluding hydrogens is 276 g/mol. The normalized spacial score (nSPS) is 18.7. The molecule has 1 aliphatic rings. The molecule has 0 bridgehead atoms. The van der Waals surface area contributed by atoms with Crippen LogP contribution in [0, 0.1) is 0 Å². The maximum absolute atomic E-state index is 6.01. The second-order valence-corrected chi connectivity index (χ2v) is 7.62. The third-order valence-electron chi connectivity index (χ3n) is 3.46. The largest absolute Gasteiger partial charge is 0.378 e. The minimum Gasteiger partial charge on any atom is -0.378 e. The van der Waals surface area contributed by atoms with Crippen LogP contribution in [0.1, 0.15) is 60.6 Å². The van der Waals surface area contributed by atoms with Gasteiger partial charge in [0.05, 0.1) is 12.3 Å². The van der Waals surface area contributed by atoms with E-state index in [9.17, 15) is 0 Å². The van der Waals surface area contributed by atoms with Gasteiger partial charge in [0.2, 0.25) is 0 Å². The number of aromatic nitrogens is 1. The van der Waals surface area contributed by atoms with Crippen LogP contribution in [-0.2, 0) is 17.1 Å². The minimum absolute atomic E-state index is 0.0519. The highest BCUT2D eigenvalue weighted by molar-refractivity contribution is 7.99. The predicted octanol–water partition coefficient (Wildman–Crippen LogP) is 3.88. The first-order chi connectivity index (χ1) is 9.20. The first-order valence-corrected chi connectivity index (χ1v) is 8.91. The van der Waals surface area contributed by atoms with Crippen molar-refractivity contribution in [3.8, 4) is 0 Å². The molecule has 108 valence electrons. The lowest BCUT2D eigenvalue weighted by molar-refractivity contribution is 0.181. The summed E-state index contributed by atoms with van der Waals surface area (Å²) in [5.74, 6) is 1.03. The van der Waals surface area contributed by atoms with Crippen LogP contribution in [0.2, 0.25) is 0 Å². The second kappa shape index (κ2) is 7.62. The molecule has 1 aliphatic carbocycles. The molecule has 3 nitrogen and oxygen atoms in total. The first-order valence-electron chi connectivity index (χ1n) is 7.05. The molecular formula is C14H24N2OS2. The molecule has 0 aromatic carbocycles. The molecule has 1 heterocycles. The summed E-state index contributed by atoms with van der Waals surface area (Å²) in [6, 6.07) is 0.0519. The summed E-state index contributed by atoms with van der Waals surface area (Å²) < 4.78 is 5.21. The average molecular weight is 300 g/mol. The Balaban J connectivity index is 1.93. The van der Waals surface area contributed by atoms with Crippen LogP contribution < -0.4 is 5.73 Å². The maximum Gasteiger partial charge on any atom is 0.103 e. The Hall–Kier alpha value is -0.100. The van der Waals surface area contributed by atoms with E-state index >= 15 is 0 Å². The van der Waals surface area contributed by atoms with Crippen molar-refractivity contribution in [2.45, 2.75) is 62.7 Å². The highest BCUT2D eigenvalue weighted by Crippen LogP contribution is 2.33. The van der Waals surface area contributed by atoms with E-state index in [1.54, 1.807) is 18.4 Å². The molecule has 19 heavy (non-hydrogen) atoms. The van der Waals surface area contributed by atoms with Crippen molar-refractivity contribution in [2.75, 3.05) is 7.11 Å². The van der Waals surface area contributed by atoms with Gasteiger partial charge in [0, 0.05) is 29.0 Å². The highest BCUT2D eigenvalue weighted by Gasteiger charge is 2.17. The molecule has 0 radical (unpaired) electrons. The molecule has 1 unspecified atom stereocenters. The molecule has 2 N–H and O–H groups in total. The van der Waals surface area contributed by atoms with Gasteiger partial charge < -0.3 is 10.5 Å². The van der Waals surface area contributed by atoms with Crippen molar-refractivity contribution in [3.05, 3.63) is 15.6 Å². The van der Waals surface area contributed by atoms with Crippen molar-refractivity contribution >= 4 is 23.1 Å². The number of methoxy groups -OCH3 is 1. The Labute approximate surface area is 124 Å². The van der Waals surface area contributed by atoms with Crippen LogP contribution in [0.3, 0.4) is 0 Å². The fourth-order valence-corrected chi connectivity index (χ4v) is 4.86. The van der Waals surface area contributed by atoms with Gasteiger partial charge >= 0.3 is 0 Å². The number of rotatable bonds is 6. The van der Waals surface area contributed by atoms with Crippen molar-refractivity contribution in [1.29, 1.82) is 0 Å². The third-order valence-corrected chi connectivity index (χ3v) is 6.33. The molecule has 2 rings (SSSR count). The molecule has 1 aromatic rings. The zero-order valence-corrected chi connectivity index (χ0v) is 13.5. The molecule has 0 aliphatic heterocycles. The van der Waals surface area contributed by atoms with E-state index in [1.807, 2.05) is 6.92 Å². The molecule has 0 saturated heterocycles. The predicted molar refractivity (Wildman–Crippen MR) is 83.6 cm³/mol. The Morgan fingerprint density at radius 3 is 2.79 bits per heavy atom. The third kappa shape index (κ3) is 4.45. The van der Waals surface area contributed by atoms with Crippen LogP contribution in [0.5, 0.6) is 0 Å². The summed E-state index contributed by atoms with van der Waals surface area (Å²) in [5, 5.41) is 2.04. The van der Waals surface area contributed by atoms with E-state index < -0.39 is 0 Å². The molecule has 0 spiro atoms. The molecule has 1 fully saturated rings. The van der Waals surface area contributed by atoms with Crippen LogP contribution in [0.4, 0.5) is 0 Å². The van der Waals surface area contributed by atoms with E-state index in [-0.39, 0.29) is 6.04 Å². The summed E-state index contributed by atoms with van der Waals surface area (Å²) in [7, 11) is 1.71. The summed E-state index contributed by atoms with van der Waals surface area (Å²) >= 11 is 3.83. The van der Waals surface area contributed by atoms with E-state index in [4.69, 9.17) is 15.5 Å². The quantitative estimate of drug-likeness (QED) is 0.866. The van der Waals surface area contributed by atoms with E-state index in [2.05, 4.69) is 11.8 Å². The summed E-state index contributed by atoms with van der Waals surface area (Å²) in [6.07, 6.45) is 6.97. The number of nitrogens with zero attached hydrogens (tertiary/aromatic N) is 1. The summed E-state index contributed by atoms with van der Waals surface area (Å²) in [5.41, 5.74) is 7.03. The number of ether oxygens (including phenoxy) is 1. The Morgan fingerprint density at radius 2 is 2.16 bits per heavy atom. The zero-order valence-electron chi connectivity index (χ0n) is 11.9. The smallest absolute Gasteiger partial charge is 0.103 e. The van der Waals surface area contributed by atoms with Gasteiger partial charge in [0.25, 0.3) is 0 Å². The standard InChI is InChI=1S/C14H24N2OS2/c1-10(15)14-12(8-17-2)16-13(19-14)9-18-11-6-4-3-5-7-11/h10-11H,3-9,15H2,1-2H3. The van der Waals surface area contributed by atoms with Crippen molar-refractivity contribution in [1.82, 2.24) is 4.98 Å². The molecule has 5 heteroatoms. The van der Waals surface area contributed by atoms with Crippen molar-refractivity contribution in [3.63, 3.8) is 0 Å². The van der Waals surface area contributed by atoms with Gasteiger partial charge in [-0.15, -0.1) is 11.3 Å². The number of nitrogens with two attached hydrogens (primary N) is 1. The zero-order chi connectivity index (χ0) is 13.7.